The first-order valence-corrected chi connectivity index (χ1v) is 11.2. The van der Waals surface area contributed by atoms with Crippen LogP contribution in [0.4, 0.5) is 14.9 Å². The third kappa shape index (κ3) is 5.43. The van der Waals surface area contributed by atoms with E-state index in [4.69, 9.17) is 21.3 Å². The lowest BCUT2D eigenvalue weighted by molar-refractivity contribution is 0.0186. The maximum absolute atomic E-state index is 14.1. The highest BCUT2D eigenvalue weighted by Crippen LogP contribution is 2.33. The largest absolute Gasteiger partial charge is 0.444 e. The Morgan fingerprint density at radius 3 is 2.55 bits per heavy atom. The van der Waals surface area contributed by atoms with Crippen molar-refractivity contribution in [3.63, 3.8) is 0 Å². The summed E-state index contributed by atoms with van der Waals surface area (Å²) in [6.07, 6.45) is 1.41. The lowest BCUT2D eigenvalue weighted by Crippen LogP contribution is -2.53. The molecule has 2 unspecified atom stereocenters. The predicted molar refractivity (Wildman–Crippen MR) is 118 cm³/mol. The monoisotopic (exact) mass is 487 g/mol. The topological polar surface area (TPSA) is 45.1 Å². The zero-order valence-corrected chi connectivity index (χ0v) is 19.7. The van der Waals surface area contributed by atoms with Crippen molar-refractivity contribution >= 4 is 45.1 Å². The number of halogens is 3. The summed E-state index contributed by atoms with van der Waals surface area (Å²) in [5.74, 6) is 0.656. The van der Waals surface area contributed by atoms with Gasteiger partial charge in [-0.25, -0.2) is 14.2 Å². The summed E-state index contributed by atoms with van der Waals surface area (Å²) >= 11 is 10.1. The number of carbonyl (C=O) groups is 1. The molecular weight excluding hydrogens is 461 g/mol. The average molecular weight is 489 g/mol. The number of nitrogens with zero attached hydrogens (tertiary/aromatic N) is 3. The summed E-state index contributed by atoms with van der Waals surface area (Å²) in [6.45, 7) is 10.00. The molecule has 0 aromatic heterocycles. The zero-order chi connectivity index (χ0) is 21.3. The Hall–Kier alpha value is -1.34. The van der Waals surface area contributed by atoms with Crippen LogP contribution in [0.1, 0.15) is 39.7 Å². The van der Waals surface area contributed by atoms with Crippen molar-refractivity contribution in [1.29, 1.82) is 0 Å². The highest BCUT2D eigenvalue weighted by atomic mass is 79.9. The molecule has 2 aliphatic rings. The van der Waals surface area contributed by atoms with Crippen LogP contribution in [0.25, 0.3) is 0 Å². The Kier molecular flexibility index (Phi) is 6.78. The highest BCUT2D eigenvalue weighted by molar-refractivity contribution is 9.10. The molecule has 0 aliphatic carbocycles. The average Bonchev–Trinajstić information content (AvgIpc) is 2.64. The number of fused-ring (bicyclic) bond motifs is 1. The first-order valence-electron chi connectivity index (χ1n) is 9.98. The van der Waals surface area contributed by atoms with Gasteiger partial charge in [-0.3, -0.25) is 0 Å². The van der Waals surface area contributed by atoms with Crippen molar-refractivity contribution in [2.75, 3.05) is 26.2 Å². The molecular formula is C21H28BrClFN3O2. The number of hydrogen-bond donors (Lipinski definition) is 0. The maximum Gasteiger partial charge on any atom is 0.410 e. The van der Waals surface area contributed by atoms with Gasteiger partial charge in [-0.05, 0) is 67.1 Å². The maximum atomic E-state index is 14.1. The molecule has 160 valence electrons. The molecule has 1 fully saturated rings. The van der Waals surface area contributed by atoms with Crippen LogP contribution in [0, 0.1) is 11.7 Å². The molecule has 2 aliphatic heterocycles. The molecule has 0 bridgehead atoms. The van der Waals surface area contributed by atoms with Crippen molar-refractivity contribution in [2.45, 2.75) is 51.5 Å². The molecule has 2 heterocycles. The minimum absolute atomic E-state index is 0.233. The summed E-state index contributed by atoms with van der Waals surface area (Å²) in [5.41, 5.74) is 1.13. The number of aryl methyl sites for hydroxylation is 1. The molecule has 0 N–H and O–H groups in total. The molecule has 0 radical (unpaired) electrons. The van der Waals surface area contributed by atoms with Crippen LogP contribution in [0.15, 0.2) is 21.6 Å². The van der Waals surface area contributed by atoms with Crippen molar-refractivity contribution < 1.29 is 13.9 Å². The summed E-state index contributed by atoms with van der Waals surface area (Å²) in [5, 5.41) is -0.261. The predicted octanol–water partition coefficient (Wildman–Crippen LogP) is 5.36. The van der Waals surface area contributed by atoms with Crippen molar-refractivity contribution in [2.24, 2.45) is 10.9 Å². The van der Waals surface area contributed by atoms with Crippen LogP contribution < -0.4 is 0 Å². The van der Waals surface area contributed by atoms with Gasteiger partial charge in [0, 0.05) is 32.2 Å². The number of piperazine rings is 1. The summed E-state index contributed by atoms with van der Waals surface area (Å²) < 4.78 is 20.1. The Morgan fingerprint density at radius 2 is 1.93 bits per heavy atom. The van der Waals surface area contributed by atoms with E-state index in [0.29, 0.717) is 36.3 Å². The fourth-order valence-corrected chi connectivity index (χ4v) is 4.24. The number of ether oxygens (including phenoxy) is 1. The molecule has 29 heavy (non-hydrogen) atoms. The first kappa shape index (κ1) is 22.3. The quantitative estimate of drug-likeness (QED) is 0.462. The van der Waals surface area contributed by atoms with Gasteiger partial charge in [0.25, 0.3) is 0 Å². The van der Waals surface area contributed by atoms with E-state index < -0.39 is 5.60 Å². The first-order chi connectivity index (χ1) is 13.5. The summed E-state index contributed by atoms with van der Waals surface area (Å²) in [7, 11) is 0. The zero-order valence-electron chi connectivity index (χ0n) is 17.3. The molecule has 1 aromatic rings. The Balaban J connectivity index is 1.81. The number of amides is 1. The Morgan fingerprint density at radius 1 is 1.28 bits per heavy atom. The van der Waals surface area contributed by atoms with E-state index >= 15 is 0 Å². The van der Waals surface area contributed by atoms with Gasteiger partial charge in [-0.2, -0.15) is 0 Å². The minimum atomic E-state index is -0.517. The number of hydrogen-bond acceptors (Lipinski definition) is 4. The van der Waals surface area contributed by atoms with Gasteiger partial charge < -0.3 is 14.5 Å². The number of alkyl halides is 1. The number of aliphatic imine (C=N–C) groups is 1. The highest BCUT2D eigenvalue weighted by Gasteiger charge is 2.32. The standard InChI is InChI=1S/C21H28BrClFN3O2/c1-13-5-6-14-11-15(22)16(24)12-17(14)25-19(18(13)23)26-7-9-27(10-8-26)20(28)29-21(2,3)4/h11-13,18H,5-10H2,1-4H3. The van der Waals surface area contributed by atoms with Gasteiger partial charge in [-0.15, -0.1) is 11.6 Å². The molecule has 5 nitrogen and oxygen atoms in total. The molecule has 1 amide bonds. The normalized spacial score (nSPS) is 23.1. The third-order valence-corrected chi connectivity index (χ3v) is 6.46. The van der Waals surface area contributed by atoms with E-state index in [2.05, 4.69) is 27.8 Å². The molecule has 1 saturated heterocycles. The van der Waals surface area contributed by atoms with E-state index in [9.17, 15) is 9.18 Å². The molecule has 2 atom stereocenters. The van der Waals surface area contributed by atoms with E-state index in [1.54, 1.807) is 4.90 Å². The van der Waals surface area contributed by atoms with Crippen molar-refractivity contribution in [1.82, 2.24) is 9.80 Å². The number of amidine groups is 1. The lowest BCUT2D eigenvalue weighted by atomic mass is 9.94. The molecule has 8 heteroatoms. The van der Waals surface area contributed by atoms with Crippen molar-refractivity contribution in [3.05, 3.63) is 28.0 Å². The van der Waals surface area contributed by atoms with Crippen LogP contribution >= 0.6 is 27.5 Å². The van der Waals surface area contributed by atoms with Gasteiger partial charge in [0.05, 0.1) is 15.5 Å². The van der Waals surface area contributed by atoms with Gasteiger partial charge in [-0.1, -0.05) is 6.92 Å². The van der Waals surface area contributed by atoms with Gasteiger partial charge in [0.2, 0.25) is 0 Å². The van der Waals surface area contributed by atoms with Crippen LogP contribution in [0.2, 0.25) is 0 Å². The van der Waals surface area contributed by atoms with Crippen LogP contribution in [0.3, 0.4) is 0 Å². The smallest absolute Gasteiger partial charge is 0.410 e. The SMILES string of the molecule is CC1CCc2cc(Br)c(F)cc2N=C(N2CCN(C(=O)OC(C)(C)C)CC2)C1Cl. The molecule has 0 saturated carbocycles. The van der Waals surface area contributed by atoms with Crippen LogP contribution in [0.5, 0.6) is 0 Å². The van der Waals surface area contributed by atoms with E-state index in [1.807, 2.05) is 26.8 Å². The lowest BCUT2D eigenvalue weighted by Gasteiger charge is -2.39. The Labute approximate surface area is 185 Å². The van der Waals surface area contributed by atoms with Gasteiger partial charge in [0.15, 0.2) is 0 Å². The molecule has 0 spiro atoms. The number of carbonyl (C=O) groups excluding carboxylic acids is 1. The second-order valence-corrected chi connectivity index (χ2v) is 10.1. The second kappa shape index (κ2) is 8.80. The van der Waals surface area contributed by atoms with E-state index in [1.165, 1.54) is 6.07 Å². The van der Waals surface area contributed by atoms with Crippen LogP contribution in [-0.4, -0.2) is 58.9 Å². The van der Waals surface area contributed by atoms with E-state index in [0.717, 1.165) is 24.2 Å². The molecule has 3 rings (SSSR count). The molecule has 1 aromatic carbocycles. The number of benzene rings is 1. The van der Waals surface area contributed by atoms with Crippen LogP contribution in [-0.2, 0) is 11.2 Å². The second-order valence-electron chi connectivity index (χ2n) is 8.74. The van der Waals surface area contributed by atoms with Gasteiger partial charge in [0.1, 0.15) is 17.3 Å². The third-order valence-electron chi connectivity index (χ3n) is 5.23. The summed E-state index contributed by atoms with van der Waals surface area (Å²) in [4.78, 5) is 21.0. The Bertz CT molecular complexity index is 804. The minimum Gasteiger partial charge on any atom is -0.444 e. The number of rotatable bonds is 0. The van der Waals surface area contributed by atoms with E-state index in [-0.39, 0.29) is 23.2 Å². The fourth-order valence-electron chi connectivity index (χ4n) is 3.54. The fraction of sp³-hybridized carbons (Fsp3) is 0.619. The summed E-state index contributed by atoms with van der Waals surface area (Å²) in [6, 6.07) is 3.28. The van der Waals surface area contributed by atoms with Gasteiger partial charge >= 0.3 is 6.09 Å². The van der Waals surface area contributed by atoms with Crippen molar-refractivity contribution in [3.8, 4) is 0 Å².